The van der Waals surface area contributed by atoms with Crippen LogP contribution in [0.4, 0.5) is 0 Å². The SMILES string of the molecule is COc1ccc(C(=O)C(C)OC(=O)c2ccc(C#N)cc2)cc1. The molecule has 0 bridgehead atoms. The Morgan fingerprint density at radius 1 is 1.00 bits per heavy atom. The number of nitrogens with zero attached hydrogens (tertiary/aromatic N) is 1. The maximum atomic E-state index is 12.3. The van der Waals surface area contributed by atoms with Crippen LogP contribution in [0.15, 0.2) is 48.5 Å². The Kier molecular flexibility index (Phi) is 5.11. The molecule has 0 spiro atoms. The highest BCUT2D eigenvalue weighted by Crippen LogP contribution is 2.15. The Morgan fingerprint density at radius 3 is 2.09 bits per heavy atom. The molecule has 1 atom stereocenters. The summed E-state index contributed by atoms with van der Waals surface area (Å²) in [5, 5.41) is 8.73. The minimum Gasteiger partial charge on any atom is -0.497 e. The summed E-state index contributed by atoms with van der Waals surface area (Å²) in [7, 11) is 1.54. The van der Waals surface area contributed by atoms with Crippen LogP contribution in [-0.4, -0.2) is 25.0 Å². The Bertz CT molecular complexity index is 742. The van der Waals surface area contributed by atoms with Gasteiger partial charge in [0.1, 0.15) is 5.75 Å². The average molecular weight is 309 g/mol. The molecule has 5 nitrogen and oxygen atoms in total. The van der Waals surface area contributed by atoms with E-state index in [9.17, 15) is 9.59 Å². The molecule has 0 N–H and O–H groups in total. The Hall–Kier alpha value is -3.13. The van der Waals surface area contributed by atoms with Gasteiger partial charge in [0.05, 0.1) is 24.3 Å². The number of hydrogen-bond acceptors (Lipinski definition) is 5. The van der Waals surface area contributed by atoms with Gasteiger partial charge in [0.25, 0.3) is 0 Å². The van der Waals surface area contributed by atoms with Crippen molar-refractivity contribution in [3.8, 4) is 11.8 Å². The van der Waals surface area contributed by atoms with Crippen LogP contribution in [0.5, 0.6) is 5.75 Å². The first-order valence-corrected chi connectivity index (χ1v) is 6.94. The molecular formula is C18H15NO4. The van der Waals surface area contributed by atoms with E-state index in [2.05, 4.69) is 0 Å². The number of rotatable bonds is 5. The third-order valence-electron chi connectivity index (χ3n) is 3.28. The fourth-order valence-electron chi connectivity index (χ4n) is 1.95. The third kappa shape index (κ3) is 3.95. The number of carbonyl (C=O) groups is 2. The zero-order valence-corrected chi connectivity index (χ0v) is 12.8. The molecule has 5 heteroatoms. The van der Waals surface area contributed by atoms with E-state index in [4.69, 9.17) is 14.7 Å². The first kappa shape index (κ1) is 16.2. The molecule has 0 fully saturated rings. The van der Waals surface area contributed by atoms with Gasteiger partial charge < -0.3 is 9.47 Å². The van der Waals surface area contributed by atoms with Gasteiger partial charge in [-0.15, -0.1) is 0 Å². The fraction of sp³-hybridized carbons (Fsp3) is 0.167. The number of Topliss-reactive ketones (excluding diaryl/α,β-unsaturated/α-hetero) is 1. The highest BCUT2D eigenvalue weighted by Gasteiger charge is 2.20. The van der Waals surface area contributed by atoms with Crippen molar-refractivity contribution in [3.05, 3.63) is 65.2 Å². The smallest absolute Gasteiger partial charge is 0.338 e. The molecule has 0 aliphatic heterocycles. The molecule has 2 aromatic carbocycles. The molecule has 0 heterocycles. The molecule has 2 rings (SSSR count). The quantitative estimate of drug-likeness (QED) is 0.627. The van der Waals surface area contributed by atoms with Crippen LogP contribution in [0, 0.1) is 11.3 Å². The topological polar surface area (TPSA) is 76.4 Å². The monoisotopic (exact) mass is 309 g/mol. The normalized spacial score (nSPS) is 11.2. The van der Waals surface area contributed by atoms with Crippen LogP contribution in [-0.2, 0) is 4.74 Å². The Labute approximate surface area is 134 Å². The fourth-order valence-corrected chi connectivity index (χ4v) is 1.95. The molecule has 116 valence electrons. The maximum absolute atomic E-state index is 12.3. The molecule has 1 unspecified atom stereocenters. The summed E-state index contributed by atoms with van der Waals surface area (Å²) in [6.45, 7) is 1.52. The number of esters is 1. The van der Waals surface area contributed by atoms with Gasteiger partial charge in [-0.3, -0.25) is 4.79 Å². The van der Waals surface area contributed by atoms with Crippen molar-refractivity contribution in [2.24, 2.45) is 0 Å². The molecule has 0 aliphatic rings. The van der Waals surface area contributed by atoms with Crippen LogP contribution in [0.25, 0.3) is 0 Å². The second-order valence-electron chi connectivity index (χ2n) is 4.83. The zero-order valence-electron chi connectivity index (χ0n) is 12.8. The van der Waals surface area contributed by atoms with Crippen molar-refractivity contribution in [3.63, 3.8) is 0 Å². The third-order valence-corrected chi connectivity index (χ3v) is 3.28. The van der Waals surface area contributed by atoms with Crippen molar-refractivity contribution in [1.29, 1.82) is 5.26 Å². The van der Waals surface area contributed by atoms with Crippen molar-refractivity contribution in [2.75, 3.05) is 7.11 Å². The van der Waals surface area contributed by atoms with Crippen LogP contribution >= 0.6 is 0 Å². The number of benzene rings is 2. The summed E-state index contributed by atoms with van der Waals surface area (Å²) < 4.78 is 10.2. The number of carbonyl (C=O) groups excluding carboxylic acids is 2. The summed E-state index contributed by atoms with van der Waals surface area (Å²) in [6, 6.07) is 14.6. The zero-order chi connectivity index (χ0) is 16.8. The van der Waals surface area contributed by atoms with E-state index < -0.39 is 12.1 Å². The first-order chi connectivity index (χ1) is 11.0. The number of nitriles is 1. The molecule has 0 saturated heterocycles. The average Bonchev–Trinajstić information content (AvgIpc) is 2.61. The van der Waals surface area contributed by atoms with E-state index in [0.29, 0.717) is 22.4 Å². The molecule has 0 radical (unpaired) electrons. The molecule has 0 aliphatic carbocycles. The summed E-state index contributed by atoms with van der Waals surface area (Å²) in [4.78, 5) is 24.3. The molecular weight excluding hydrogens is 294 g/mol. The minimum absolute atomic E-state index is 0.290. The van der Waals surface area contributed by atoms with Gasteiger partial charge in [0.15, 0.2) is 6.10 Å². The molecule has 0 saturated carbocycles. The first-order valence-electron chi connectivity index (χ1n) is 6.94. The van der Waals surface area contributed by atoms with Crippen molar-refractivity contribution in [1.82, 2.24) is 0 Å². The van der Waals surface area contributed by atoms with E-state index in [1.807, 2.05) is 6.07 Å². The van der Waals surface area contributed by atoms with Crippen LogP contribution in [0.3, 0.4) is 0 Å². The second kappa shape index (κ2) is 7.23. The highest BCUT2D eigenvalue weighted by atomic mass is 16.5. The van der Waals surface area contributed by atoms with E-state index in [0.717, 1.165) is 0 Å². The standard InChI is InChI=1S/C18H15NO4/c1-12(17(20)14-7-9-16(22-2)10-8-14)23-18(21)15-5-3-13(11-19)4-6-15/h3-10,12H,1-2H3. The lowest BCUT2D eigenvalue weighted by molar-refractivity contribution is 0.0319. The molecule has 2 aromatic rings. The Balaban J connectivity index is 2.04. The lowest BCUT2D eigenvalue weighted by Gasteiger charge is -2.12. The minimum atomic E-state index is -0.911. The van der Waals surface area contributed by atoms with Crippen molar-refractivity contribution in [2.45, 2.75) is 13.0 Å². The van der Waals surface area contributed by atoms with Gasteiger partial charge >= 0.3 is 5.97 Å². The molecule has 0 amide bonds. The van der Waals surface area contributed by atoms with E-state index >= 15 is 0 Å². The number of methoxy groups -OCH3 is 1. The van der Waals surface area contributed by atoms with E-state index in [1.165, 1.54) is 31.2 Å². The number of ether oxygens (including phenoxy) is 2. The second-order valence-corrected chi connectivity index (χ2v) is 4.83. The Morgan fingerprint density at radius 2 is 1.57 bits per heavy atom. The predicted molar refractivity (Wildman–Crippen MR) is 83.4 cm³/mol. The van der Waals surface area contributed by atoms with Crippen molar-refractivity contribution >= 4 is 11.8 Å². The number of hydrogen-bond donors (Lipinski definition) is 0. The van der Waals surface area contributed by atoms with Crippen LogP contribution < -0.4 is 4.74 Å². The van der Waals surface area contributed by atoms with Gasteiger partial charge in [-0.25, -0.2) is 4.79 Å². The van der Waals surface area contributed by atoms with Crippen LogP contribution in [0.2, 0.25) is 0 Å². The summed E-state index contributed by atoms with van der Waals surface area (Å²) in [5.74, 6) is -0.262. The molecule has 23 heavy (non-hydrogen) atoms. The summed E-state index contributed by atoms with van der Waals surface area (Å²) in [5.41, 5.74) is 1.17. The number of ketones is 1. The van der Waals surface area contributed by atoms with E-state index in [1.54, 1.807) is 31.4 Å². The predicted octanol–water partition coefficient (Wildman–Crippen LogP) is 3.00. The van der Waals surface area contributed by atoms with Crippen molar-refractivity contribution < 1.29 is 19.1 Å². The maximum Gasteiger partial charge on any atom is 0.338 e. The van der Waals surface area contributed by atoms with Gasteiger partial charge in [-0.2, -0.15) is 5.26 Å². The van der Waals surface area contributed by atoms with Gasteiger partial charge in [-0.05, 0) is 55.5 Å². The van der Waals surface area contributed by atoms with E-state index in [-0.39, 0.29) is 5.78 Å². The van der Waals surface area contributed by atoms with Gasteiger partial charge in [-0.1, -0.05) is 0 Å². The lowest BCUT2D eigenvalue weighted by atomic mass is 10.1. The highest BCUT2D eigenvalue weighted by molar-refractivity contribution is 6.01. The van der Waals surface area contributed by atoms with Crippen LogP contribution in [0.1, 0.15) is 33.2 Å². The summed E-state index contributed by atoms with van der Waals surface area (Å²) in [6.07, 6.45) is -0.911. The molecule has 0 aromatic heterocycles. The van der Waals surface area contributed by atoms with Gasteiger partial charge in [0.2, 0.25) is 5.78 Å². The lowest BCUT2D eigenvalue weighted by Crippen LogP contribution is -2.24. The largest absolute Gasteiger partial charge is 0.497 e. The summed E-state index contributed by atoms with van der Waals surface area (Å²) >= 11 is 0. The van der Waals surface area contributed by atoms with Gasteiger partial charge in [0, 0.05) is 5.56 Å².